The van der Waals surface area contributed by atoms with Gasteiger partial charge in [-0.2, -0.15) is 5.10 Å². The van der Waals surface area contributed by atoms with Crippen molar-refractivity contribution in [2.24, 2.45) is 0 Å². The van der Waals surface area contributed by atoms with E-state index in [1.807, 2.05) is 30.3 Å². The number of carbonyl (C=O) groups is 1. The van der Waals surface area contributed by atoms with Crippen molar-refractivity contribution in [1.82, 2.24) is 15.5 Å². The average molecular weight is 284 g/mol. The number of aromatic amines is 1. The summed E-state index contributed by atoms with van der Waals surface area (Å²) in [5.41, 5.74) is 2.35. The highest BCUT2D eigenvalue weighted by atomic mass is 16.2. The second kappa shape index (κ2) is 5.69. The molecule has 2 heterocycles. The van der Waals surface area contributed by atoms with E-state index in [2.05, 4.69) is 27.8 Å². The SMILES string of the molecule is CCC1(C(=O)Nc2cccc(-c3ccn[nH]3)c2)CCCN1. The van der Waals surface area contributed by atoms with E-state index in [0.29, 0.717) is 0 Å². The molecule has 0 spiro atoms. The minimum atomic E-state index is -0.413. The third kappa shape index (κ3) is 2.69. The van der Waals surface area contributed by atoms with E-state index >= 15 is 0 Å². The van der Waals surface area contributed by atoms with Crippen LogP contribution in [-0.2, 0) is 4.79 Å². The summed E-state index contributed by atoms with van der Waals surface area (Å²) in [5, 5.41) is 13.3. The van der Waals surface area contributed by atoms with Crippen molar-refractivity contribution in [3.63, 3.8) is 0 Å². The van der Waals surface area contributed by atoms with Gasteiger partial charge in [-0.1, -0.05) is 19.1 Å². The monoisotopic (exact) mass is 284 g/mol. The molecule has 1 aliphatic rings. The standard InChI is InChI=1S/C16H20N4O/c1-2-16(8-4-9-17-16)15(21)19-13-6-3-5-12(11-13)14-7-10-18-20-14/h3,5-7,10-11,17H,2,4,8-9H2,1H3,(H,18,20)(H,19,21). The fourth-order valence-corrected chi connectivity index (χ4v) is 2.89. The highest BCUT2D eigenvalue weighted by Gasteiger charge is 2.39. The van der Waals surface area contributed by atoms with Crippen LogP contribution >= 0.6 is 0 Å². The molecule has 1 fully saturated rings. The second-order valence-electron chi connectivity index (χ2n) is 5.47. The van der Waals surface area contributed by atoms with Crippen LogP contribution in [0.1, 0.15) is 26.2 Å². The van der Waals surface area contributed by atoms with Crippen LogP contribution in [0.2, 0.25) is 0 Å². The summed E-state index contributed by atoms with van der Waals surface area (Å²) >= 11 is 0. The maximum Gasteiger partial charge on any atom is 0.244 e. The van der Waals surface area contributed by atoms with Crippen LogP contribution in [0.25, 0.3) is 11.3 Å². The van der Waals surface area contributed by atoms with Crippen LogP contribution in [0, 0.1) is 0 Å². The summed E-state index contributed by atoms with van der Waals surface area (Å²) in [5.74, 6) is 0.0595. The van der Waals surface area contributed by atoms with Gasteiger partial charge in [0.15, 0.2) is 0 Å². The molecule has 0 bridgehead atoms. The number of anilines is 1. The molecule has 1 unspecified atom stereocenters. The Morgan fingerprint density at radius 2 is 2.33 bits per heavy atom. The van der Waals surface area contributed by atoms with E-state index in [1.54, 1.807) is 6.20 Å². The van der Waals surface area contributed by atoms with Gasteiger partial charge in [0.25, 0.3) is 0 Å². The van der Waals surface area contributed by atoms with Crippen molar-refractivity contribution in [1.29, 1.82) is 0 Å². The minimum Gasteiger partial charge on any atom is -0.324 e. The molecular formula is C16H20N4O. The molecule has 5 nitrogen and oxygen atoms in total. The summed E-state index contributed by atoms with van der Waals surface area (Å²) in [4.78, 5) is 12.6. The van der Waals surface area contributed by atoms with Crippen molar-refractivity contribution in [2.75, 3.05) is 11.9 Å². The Kier molecular flexibility index (Phi) is 3.75. The molecule has 5 heteroatoms. The van der Waals surface area contributed by atoms with Crippen molar-refractivity contribution < 1.29 is 4.79 Å². The first-order valence-corrected chi connectivity index (χ1v) is 7.40. The van der Waals surface area contributed by atoms with Gasteiger partial charge in [-0.05, 0) is 44.0 Å². The number of rotatable bonds is 4. The van der Waals surface area contributed by atoms with Gasteiger partial charge >= 0.3 is 0 Å². The zero-order valence-electron chi connectivity index (χ0n) is 12.1. The van der Waals surface area contributed by atoms with Gasteiger partial charge in [0.2, 0.25) is 5.91 Å². The third-order valence-corrected chi connectivity index (χ3v) is 4.21. The van der Waals surface area contributed by atoms with Crippen LogP contribution in [0.5, 0.6) is 0 Å². The molecule has 1 amide bonds. The molecule has 110 valence electrons. The van der Waals surface area contributed by atoms with Crippen molar-refractivity contribution in [2.45, 2.75) is 31.7 Å². The Balaban J connectivity index is 1.79. The molecule has 1 atom stereocenters. The highest BCUT2D eigenvalue weighted by Crippen LogP contribution is 2.26. The summed E-state index contributed by atoms with van der Waals surface area (Å²) in [7, 11) is 0. The maximum atomic E-state index is 12.6. The van der Waals surface area contributed by atoms with E-state index in [9.17, 15) is 4.79 Å². The molecule has 0 aliphatic carbocycles. The first kappa shape index (κ1) is 13.8. The number of nitrogens with one attached hydrogen (secondary N) is 3. The number of nitrogens with zero attached hydrogens (tertiary/aromatic N) is 1. The maximum absolute atomic E-state index is 12.6. The lowest BCUT2D eigenvalue weighted by Gasteiger charge is -2.26. The lowest BCUT2D eigenvalue weighted by atomic mass is 9.93. The number of aromatic nitrogens is 2. The Bertz CT molecular complexity index is 615. The Hall–Kier alpha value is -2.14. The molecule has 3 N–H and O–H groups in total. The van der Waals surface area contributed by atoms with Gasteiger partial charge in [-0.3, -0.25) is 9.89 Å². The smallest absolute Gasteiger partial charge is 0.244 e. The van der Waals surface area contributed by atoms with Gasteiger partial charge in [0, 0.05) is 17.4 Å². The van der Waals surface area contributed by atoms with Crippen LogP contribution in [-0.4, -0.2) is 28.2 Å². The largest absolute Gasteiger partial charge is 0.324 e. The lowest BCUT2D eigenvalue weighted by Crippen LogP contribution is -2.50. The topological polar surface area (TPSA) is 69.8 Å². The predicted octanol–water partition coefficient (Wildman–Crippen LogP) is 2.55. The molecule has 3 rings (SSSR count). The van der Waals surface area contributed by atoms with Crippen LogP contribution in [0.4, 0.5) is 5.69 Å². The van der Waals surface area contributed by atoms with Crippen LogP contribution in [0.15, 0.2) is 36.5 Å². The molecule has 1 aromatic heterocycles. The third-order valence-electron chi connectivity index (χ3n) is 4.21. The van der Waals surface area contributed by atoms with E-state index in [1.165, 1.54) is 0 Å². The molecule has 2 aromatic rings. The number of H-pyrrole nitrogens is 1. The van der Waals surface area contributed by atoms with E-state index in [0.717, 1.165) is 42.8 Å². The second-order valence-corrected chi connectivity index (χ2v) is 5.47. The van der Waals surface area contributed by atoms with Crippen molar-refractivity contribution in [3.05, 3.63) is 36.5 Å². The van der Waals surface area contributed by atoms with E-state index in [4.69, 9.17) is 0 Å². The van der Waals surface area contributed by atoms with Crippen LogP contribution in [0.3, 0.4) is 0 Å². The quantitative estimate of drug-likeness (QED) is 0.808. The van der Waals surface area contributed by atoms with Crippen LogP contribution < -0.4 is 10.6 Å². The zero-order valence-corrected chi connectivity index (χ0v) is 12.1. The Labute approximate surface area is 124 Å². The van der Waals surface area contributed by atoms with Gasteiger partial charge in [0.1, 0.15) is 0 Å². The lowest BCUT2D eigenvalue weighted by molar-refractivity contribution is -0.122. The predicted molar refractivity (Wildman–Crippen MR) is 82.9 cm³/mol. The molecule has 1 aromatic carbocycles. The van der Waals surface area contributed by atoms with E-state index < -0.39 is 5.54 Å². The highest BCUT2D eigenvalue weighted by molar-refractivity contribution is 5.98. The van der Waals surface area contributed by atoms with Gasteiger partial charge in [-0.25, -0.2) is 0 Å². The summed E-state index contributed by atoms with van der Waals surface area (Å²) in [6, 6.07) is 9.71. The molecule has 0 saturated carbocycles. The van der Waals surface area contributed by atoms with Crippen molar-refractivity contribution >= 4 is 11.6 Å². The molecular weight excluding hydrogens is 264 g/mol. The Morgan fingerprint density at radius 3 is 3.00 bits per heavy atom. The molecule has 1 aliphatic heterocycles. The Morgan fingerprint density at radius 1 is 1.43 bits per heavy atom. The minimum absolute atomic E-state index is 0.0595. The summed E-state index contributed by atoms with van der Waals surface area (Å²) < 4.78 is 0. The number of hydrogen-bond donors (Lipinski definition) is 3. The summed E-state index contributed by atoms with van der Waals surface area (Å²) in [6.45, 7) is 2.97. The summed E-state index contributed by atoms with van der Waals surface area (Å²) in [6.07, 6.45) is 4.47. The molecule has 0 radical (unpaired) electrons. The molecule has 21 heavy (non-hydrogen) atoms. The molecule has 1 saturated heterocycles. The fraction of sp³-hybridized carbons (Fsp3) is 0.375. The first-order chi connectivity index (χ1) is 10.2. The fourth-order valence-electron chi connectivity index (χ4n) is 2.89. The van der Waals surface area contributed by atoms with Crippen molar-refractivity contribution in [3.8, 4) is 11.3 Å². The number of hydrogen-bond acceptors (Lipinski definition) is 3. The zero-order chi connectivity index (χ0) is 14.7. The average Bonchev–Trinajstić information content (AvgIpc) is 3.20. The van der Waals surface area contributed by atoms with Gasteiger partial charge < -0.3 is 10.6 Å². The van der Waals surface area contributed by atoms with E-state index in [-0.39, 0.29) is 5.91 Å². The number of amides is 1. The first-order valence-electron chi connectivity index (χ1n) is 7.40. The normalized spacial score (nSPS) is 21.4. The number of benzene rings is 1. The van der Waals surface area contributed by atoms with Gasteiger partial charge in [-0.15, -0.1) is 0 Å². The van der Waals surface area contributed by atoms with Gasteiger partial charge in [0.05, 0.1) is 11.2 Å². The number of carbonyl (C=O) groups excluding carboxylic acids is 1.